The minimum absolute atomic E-state index is 0.149. The van der Waals surface area contributed by atoms with Gasteiger partial charge in [0.15, 0.2) is 0 Å². The highest BCUT2D eigenvalue weighted by Crippen LogP contribution is 2.19. The molecule has 0 unspecified atom stereocenters. The minimum Gasteiger partial charge on any atom is -0.376 e. The fourth-order valence-corrected chi connectivity index (χ4v) is 3.09. The first-order valence-electron chi connectivity index (χ1n) is 9.55. The minimum atomic E-state index is -0.182. The van der Waals surface area contributed by atoms with Crippen molar-refractivity contribution in [2.24, 2.45) is 0 Å². The molecule has 0 radical (unpaired) electrons. The maximum Gasteiger partial charge on any atom is 0.251 e. The Hall–Kier alpha value is -3.60. The summed E-state index contributed by atoms with van der Waals surface area (Å²) >= 11 is 0. The van der Waals surface area contributed by atoms with Crippen LogP contribution in [0.1, 0.15) is 27.0 Å². The van der Waals surface area contributed by atoms with E-state index in [1.807, 2.05) is 62.4 Å². The summed E-state index contributed by atoms with van der Waals surface area (Å²) in [5.74, 6) is -0.354. The fourth-order valence-electron chi connectivity index (χ4n) is 3.09. The van der Waals surface area contributed by atoms with Crippen LogP contribution in [0.5, 0.6) is 0 Å². The third-order valence-electron chi connectivity index (χ3n) is 4.61. The lowest BCUT2D eigenvalue weighted by atomic mass is 10.1. The number of carbonyl (C=O) groups is 2. The number of rotatable bonds is 7. The second kappa shape index (κ2) is 9.55. The summed E-state index contributed by atoms with van der Waals surface area (Å²) in [5, 5.41) is 8.92. The topological polar surface area (TPSA) is 70.2 Å². The van der Waals surface area contributed by atoms with Crippen molar-refractivity contribution in [3.05, 3.63) is 95.1 Å². The molecule has 5 heteroatoms. The van der Waals surface area contributed by atoms with Crippen LogP contribution in [0.2, 0.25) is 0 Å². The Labute approximate surface area is 171 Å². The third kappa shape index (κ3) is 5.69. The zero-order valence-corrected chi connectivity index (χ0v) is 16.7. The summed E-state index contributed by atoms with van der Waals surface area (Å²) in [6.45, 7) is 4.61. The Bertz CT molecular complexity index is 980. The van der Waals surface area contributed by atoms with Crippen LogP contribution >= 0.6 is 0 Å². The predicted octanol–water partition coefficient (Wildman–Crippen LogP) is 4.28. The van der Waals surface area contributed by atoms with Crippen LogP contribution in [0.4, 0.5) is 11.4 Å². The zero-order valence-electron chi connectivity index (χ0n) is 16.7. The summed E-state index contributed by atoms with van der Waals surface area (Å²) in [4.78, 5) is 24.7. The Balaban J connectivity index is 1.56. The monoisotopic (exact) mass is 387 g/mol. The number of amides is 2. The van der Waals surface area contributed by atoms with Gasteiger partial charge in [0, 0.05) is 23.5 Å². The Morgan fingerprint density at radius 3 is 2.24 bits per heavy atom. The van der Waals surface area contributed by atoms with E-state index in [0.717, 1.165) is 22.4 Å². The van der Waals surface area contributed by atoms with Crippen molar-refractivity contribution in [3.63, 3.8) is 0 Å². The quantitative estimate of drug-likeness (QED) is 0.567. The molecule has 0 aliphatic carbocycles. The van der Waals surface area contributed by atoms with Gasteiger partial charge in [-0.2, -0.15) is 0 Å². The van der Waals surface area contributed by atoms with Gasteiger partial charge in [-0.05, 0) is 48.7 Å². The van der Waals surface area contributed by atoms with Crippen LogP contribution in [0, 0.1) is 13.8 Å². The smallest absolute Gasteiger partial charge is 0.251 e. The molecule has 0 heterocycles. The van der Waals surface area contributed by atoms with Gasteiger partial charge in [0.25, 0.3) is 5.91 Å². The van der Waals surface area contributed by atoms with Gasteiger partial charge in [-0.3, -0.25) is 9.59 Å². The van der Waals surface area contributed by atoms with Crippen molar-refractivity contribution >= 4 is 23.2 Å². The van der Waals surface area contributed by atoms with Crippen LogP contribution in [-0.4, -0.2) is 18.4 Å². The van der Waals surface area contributed by atoms with Crippen LogP contribution < -0.4 is 16.0 Å². The molecular formula is C24H25N3O2. The van der Waals surface area contributed by atoms with E-state index in [1.165, 1.54) is 0 Å². The number of hydrogen-bond donors (Lipinski definition) is 3. The molecule has 2 amide bonds. The Morgan fingerprint density at radius 1 is 0.828 bits per heavy atom. The van der Waals surface area contributed by atoms with Crippen LogP contribution in [0.15, 0.2) is 72.8 Å². The van der Waals surface area contributed by atoms with E-state index in [4.69, 9.17) is 0 Å². The van der Waals surface area contributed by atoms with Crippen molar-refractivity contribution in [1.29, 1.82) is 0 Å². The lowest BCUT2D eigenvalue weighted by molar-refractivity contribution is -0.114. The van der Waals surface area contributed by atoms with Gasteiger partial charge in [0.2, 0.25) is 5.91 Å². The maximum absolute atomic E-state index is 12.4. The largest absolute Gasteiger partial charge is 0.376 e. The summed E-state index contributed by atoms with van der Waals surface area (Å²) < 4.78 is 0. The van der Waals surface area contributed by atoms with Gasteiger partial charge in [0.05, 0.1) is 6.54 Å². The summed E-state index contributed by atoms with van der Waals surface area (Å²) in [6, 6.07) is 22.7. The van der Waals surface area contributed by atoms with Crippen molar-refractivity contribution in [1.82, 2.24) is 5.32 Å². The first kappa shape index (κ1) is 20.1. The van der Waals surface area contributed by atoms with Crippen molar-refractivity contribution < 1.29 is 9.59 Å². The molecule has 0 bridgehead atoms. The molecule has 0 spiro atoms. The van der Waals surface area contributed by atoms with E-state index < -0.39 is 0 Å². The summed E-state index contributed by atoms with van der Waals surface area (Å²) in [6.07, 6.45) is 0. The maximum atomic E-state index is 12.4. The Kier molecular flexibility index (Phi) is 6.63. The van der Waals surface area contributed by atoms with Crippen LogP contribution in [-0.2, 0) is 11.3 Å². The van der Waals surface area contributed by atoms with Crippen molar-refractivity contribution in [2.45, 2.75) is 20.4 Å². The molecule has 0 fully saturated rings. The van der Waals surface area contributed by atoms with Gasteiger partial charge in [-0.25, -0.2) is 0 Å². The number of anilines is 2. The fraction of sp³-hybridized carbons (Fsp3) is 0.167. The highest BCUT2D eigenvalue weighted by molar-refractivity contribution is 5.98. The predicted molar refractivity (Wildman–Crippen MR) is 117 cm³/mol. The number of nitrogens with one attached hydrogen (secondary N) is 3. The standard InChI is InChI=1S/C24H25N3O2/c1-17-8-6-9-18(2)23(17)25-16-22(28)27-21-13-7-12-20(14-21)24(29)26-15-19-10-4-3-5-11-19/h3-14,25H,15-16H2,1-2H3,(H,26,29)(H,27,28). The van der Waals surface area contributed by atoms with Crippen molar-refractivity contribution in [2.75, 3.05) is 17.2 Å². The average molecular weight is 387 g/mol. The van der Waals surface area contributed by atoms with Gasteiger partial charge in [-0.15, -0.1) is 0 Å². The molecule has 0 aromatic heterocycles. The molecule has 3 N–H and O–H groups in total. The molecule has 5 nitrogen and oxygen atoms in total. The average Bonchev–Trinajstić information content (AvgIpc) is 2.72. The van der Waals surface area contributed by atoms with Crippen molar-refractivity contribution in [3.8, 4) is 0 Å². The molecule has 148 valence electrons. The number of aryl methyl sites for hydroxylation is 2. The molecule has 0 atom stereocenters. The van der Waals surface area contributed by atoms with Gasteiger partial charge in [0.1, 0.15) is 0 Å². The SMILES string of the molecule is Cc1cccc(C)c1NCC(=O)Nc1cccc(C(=O)NCc2ccccc2)c1. The summed E-state index contributed by atoms with van der Waals surface area (Å²) in [7, 11) is 0. The molecular weight excluding hydrogens is 362 g/mol. The molecule has 0 saturated heterocycles. The van der Waals surface area contributed by atoms with Crippen LogP contribution in [0.25, 0.3) is 0 Å². The van der Waals surface area contributed by atoms with Gasteiger partial charge < -0.3 is 16.0 Å². The molecule has 3 aromatic carbocycles. The Morgan fingerprint density at radius 2 is 1.52 bits per heavy atom. The highest BCUT2D eigenvalue weighted by Gasteiger charge is 2.09. The number of carbonyl (C=O) groups excluding carboxylic acids is 2. The second-order valence-electron chi connectivity index (χ2n) is 6.92. The zero-order chi connectivity index (χ0) is 20.6. The number of benzene rings is 3. The lowest BCUT2D eigenvalue weighted by Gasteiger charge is -2.13. The van der Waals surface area contributed by atoms with E-state index in [9.17, 15) is 9.59 Å². The molecule has 29 heavy (non-hydrogen) atoms. The molecule has 0 aliphatic heterocycles. The van der Waals surface area contributed by atoms with Gasteiger partial charge in [-0.1, -0.05) is 54.6 Å². The molecule has 0 aliphatic rings. The van der Waals surface area contributed by atoms with Gasteiger partial charge >= 0.3 is 0 Å². The lowest BCUT2D eigenvalue weighted by Crippen LogP contribution is -2.24. The van der Waals surface area contributed by atoms with E-state index in [1.54, 1.807) is 24.3 Å². The second-order valence-corrected chi connectivity index (χ2v) is 6.92. The van der Waals surface area contributed by atoms with E-state index >= 15 is 0 Å². The normalized spacial score (nSPS) is 10.3. The number of hydrogen-bond acceptors (Lipinski definition) is 3. The number of para-hydroxylation sites is 1. The first-order chi connectivity index (χ1) is 14.0. The van der Waals surface area contributed by atoms with Crippen LogP contribution in [0.3, 0.4) is 0 Å². The molecule has 0 saturated carbocycles. The molecule has 3 aromatic rings. The third-order valence-corrected chi connectivity index (χ3v) is 4.61. The molecule has 3 rings (SSSR count). The van der Waals surface area contributed by atoms with E-state index in [2.05, 4.69) is 16.0 Å². The van der Waals surface area contributed by atoms with E-state index in [-0.39, 0.29) is 18.4 Å². The first-order valence-corrected chi connectivity index (χ1v) is 9.55. The highest BCUT2D eigenvalue weighted by atomic mass is 16.2. The van der Waals surface area contributed by atoms with E-state index in [0.29, 0.717) is 17.8 Å². The summed E-state index contributed by atoms with van der Waals surface area (Å²) in [5.41, 5.74) is 5.27.